The van der Waals surface area contributed by atoms with E-state index in [4.69, 9.17) is 19.0 Å². The number of benzene rings is 1. The molecule has 33 heavy (non-hydrogen) atoms. The monoisotopic (exact) mass is 444 g/mol. The number of oxime groups is 1. The molecule has 4 heterocycles. The second-order valence-electron chi connectivity index (χ2n) is 7.79. The Hall–Kier alpha value is -4.14. The van der Waals surface area contributed by atoms with Crippen molar-refractivity contribution in [3.8, 4) is 5.75 Å². The molecule has 5 rings (SSSR count). The van der Waals surface area contributed by atoms with Crippen LogP contribution in [0.5, 0.6) is 5.75 Å². The molecule has 0 atom stereocenters. The molecule has 0 bridgehead atoms. The van der Waals surface area contributed by atoms with E-state index < -0.39 is 0 Å². The van der Waals surface area contributed by atoms with Crippen molar-refractivity contribution in [2.24, 2.45) is 5.16 Å². The minimum atomic E-state index is 0.155. The van der Waals surface area contributed by atoms with Crippen molar-refractivity contribution in [2.45, 2.75) is 33.9 Å². The van der Waals surface area contributed by atoms with Gasteiger partial charge in [0.05, 0.1) is 31.0 Å². The third-order valence-corrected chi connectivity index (χ3v) is 5.79. The highest BCUT2D eigenvalue weighted by molar-refractivity contribution is 5.98. The largest absolute Gasteiger partial charge is 0.497 e. The van der Waals surface area contributed by atoms with Crippen molar-refractivity contribution in [2.75, 3.05) is 7.11 Å². The minimum Gasteiger partial charge on any atom is -0.497 e. The normalized spacial score (nSPS) is 12.1. The van der Waals surface area contributed by atoms with Gasteiger partial charge in [0.15, 0.2) is 18.1 Å². The molecule has 0 unspecified atom stereocenters. The first-order chi connectivity index (χ1) is 16.0. The van der Waals surface area contributed by atoms with Gasteiger partial charge in [-0.3, -0.25) is 0 Å². The summed E-state index contributed by atoms with van der Waals surface area (Å²) >= 11 is 0. The van der Waals surface area contributed by atoms with Crippen LogP contribution in [0, 0.1) is 13.8 Å². The van der Waals surface area contributed by atoms with E-state index in [1.165, 1.54) is 0 Å². The molecule has 0 saturated heterocycles. The van der Waals surface area contributed by atoms with Gasteiger partial charge in [-0.1, -0.05) is 5.16 Å². The zero-order valence-corrected chi connectivity index (χ0v) is 18.9. The maximum atomic E-state index is 5.54. The van der Waals surface area contributed by atoms with Crippen LogP contribution in [0.15, 0.2) is 58.6 Å². The van der Waals surface area contributed by atoms with E-state index in [2.05, 4.69) is 33.7 Å². The molecule has 9 heteroatoms. The Morgan fingerprint density at radius 2 is 1.94 bits per heavy atom. The smallest absolute Gasteiger partial charge is 0.192 e. The lowest BCUT2D eigenvalue weighted by atomic mass is 10.1. The zero-order valence-electron chi connectivity index (χ0n) is 18.9. The van der Waals surface area contributed by atoms with Crippen molar-refractivity contribution < 1.29 is 14.0 Å². The van der Waals surface area contributed by atoms with E-state index >= 15 is 0 Å². The Balaban J connectivity index is 1.40. The number of rotatable bonds is 7. The van der Waals surface area contributed by atoms with Crippen molar-refractivity contribution in [1.29, 1.82) is 0 Å². The predicted octanol–water partition coefficient (Wildman–Crippen LogP) is 4.29. The van der Waals surface area contributed by atoms with Crippen LogP contribution in [-0.4, -0.2) is 37.0 Å². The number of ether oxygens (including phenoxy) is 1. The highest BCUT2D eigenvalue weighted by Crippen LogP contribution is 2.27. The Morgan fingerprint density at radius 1 is 1.12 bits per heavy atom. The standard InChI is InChI=1S/C24H24N6O3/c1-15-17(3)29(12-20-6-5-11-32-20)23-22(15)24-26-21(27-30(24)14-25-23)13-33-28-16(2)18-7-9-19(31-4)10-8-18/h5-11,14H,12-13H2,1-4H3. The fourth-order valence-corrected chi connectivity index (χ4v) is 3.86. The Morgan fingerprint density at radius 3 is 2.67 bits per heavy atom. The van der Waals surface area contributed by atoms with Gasteiger partial charge < -0.3 is 18.6 Å². The van der Waals surface area contributed by atoms with Gasteiger partial charge >= 0.3 is 0 Å². The van der Waals surface area contributed by atoms with E-state index in [9.17, 15) is 0 Å². The molecule has 0 spiro atoms. The molecule has 0 radical (unpaired) electrons. The molecule has 0 aliphatic carbocycles. The first-order valence-corrected chi connectivity index (χ1v) is 10.6. The minimum absolute atomic E-state index is 0.155. The lowest BCUT2D eigenvalue weighted by molar-refractivity contribution is 0.125. The molecule has 5 aromatic rings. The van der Waals surface area contributed by atoms with Crippen LogP contribution < -0.4 is 4.74 Å². The van der Waals surface area contributed by atoms with Crippen molar-refractivity contribution in [1.82, 2.24) is 24.1 Å². The summed E-state index contributed by atoms with van der Waals surface area (Å²) < 4.78 is 14.5. The van der Waals surface area contributed by atoms with Gasteiger partial charge in [-0.05, 0) is 68.3 Å². The second kappa shape index (κ2) is 8.42. The van der Waals surface area contributed by atoms with Crippen LogP contribution in [0.25, 0.3) is 16.7 Å². The molecular formula is C24H24N6O3. The quantitative estimate of drug-likeness (QED) is 0.275. The first kappa shape index (κ1) is 20.7. The Bertz CT molecular complexity index is 1450. The maximum Gasteiger partial charge on any atom is 0.192 e. The van der Waals surface area contributed by atoms with E-state index in [1.807, 2.05) is 43.3 Å². The van der Waals surface area contributed by atoms with E-state index in [1.54, 1.807) is 24.2 Å². The molecule has 0 fully saturated rings. The second-order valence-corrected chi connectivity index (χ2v) is 7.79. The number of fused-ring (bicyclic) bond motifs is 3. The first-order valence-electron chi connectivity index (χ1n) is 10.6. The van der Waals surface area contributed by atoms with E-state index in [-0.39, 0.29) is 6.61 Å². The van der Waals surface area contributed by atoms with Crippen LogP contribution in [-0.2, 0) is 18.0 Å². The molecule has 0 saturated carbocycles. The highest BCUT2D eigenvalue weighted by Gasteiger charge is 2.18. The molecule has 0 N–H and O–H groups in total. The molecule has 4 aromatic heterocycles. The predicted molar refractivity (Wildman–Crippen MR) is 124 cm³/mol. The van der Waals surface area contributed by atoms with Gasteiger partial charge in [0.2, 0.25) is 0 Å². The lowest BCUT2D eigenvalue weighted by Crippen LogP contribution is -2.02. The summed E-state index contributed by atoms with van der Waals surface area (Å²) in [6.45, 7) is 6.80. The van der Waals surface area contributed by atoms with Crippen LogP contribution in [0.4, 0.5) is 0 Å². The van der Waals surface area contributed by atoms with Gasteiger partial charge in [-0.25, -0.2) is 14.5 Å². The van der Waals surface area contributed by atoms with E-state index in [0.717, 1.165) is 50.7 Å². The maximum absolute atomic E-state index is 5.54. The molecular weight excluding hydrogens is 420 g/mol. The van der Waals surface area contributed by atoms with Crippen molar-refractivity contribution in [3.05, 3.63) is 77.4 Å². The van der Waals surface area contributed by atoms with Gasteiger partial charge in [-0.15, -0.1) is 5.10 Å². The third-order valence-electron chi connectivity index (χ3n) is 5.79. The molecule has 0 amide bonds. The SMILES string of the molecule is COc1ccc(C(C)=NOCc2nc3c4c(C)c(C)n(Cc5ccco5)c4ncn3n2)cc1. The van der Waals surface area contributed by atoms with Crippen LogP contribution in [0.2, 0.25) is 0 Å². The summed E-state index contributed by atoms with van der Waals surface area (Å²) in [5, 5.41) is 9.70. The molecule has 0 aliphatic rings. The van der Waals surface area contributed by atoms with Gasteiger partial charge in [0.1, 0.15) is 23.5 Å². The summed E-state index contributed by atoms with van der Waals surface area (Å²) in [6.07, 6.45) is 3.36. The third kappa shape index (κ3) is 3.82. The number of hydrogen-bond acceptors (Lipinski definition) is 7. The fraction of sp³-hybridized carbons (Fsp3) is 0.250. The number of aromatic nitrogens is 5. The Kier molecular flexibility index (Phi) is 5.29. The zero-order chi connectivity index (χ0) is 22.9. The van der Waals surface area contributed by atoms with Crippen molar-refractivity contribution >= 4 is 22.4 Å². The van der Waals surface area contributed by atoms with Gasteiger partial charge in [0, 0.05) is 5.69 Å². The number of furan rings is 1. The van der Waals surface area contributed by atoms with Crippen molar-refractivity contribution in [3.63, 3.8) is 0 Å². The topological polar surface area (TPSA) is 92.0 Å². The summed E-state index contributed by atoms with van der Waals surface area (Å²) in [5.41, 5.74) is 5.53. The Labute approximate surface area is 190 Å². The summed E-state index contributed by atoms with van der Waals surface area (Å²) in [5.74, 6) is 2.20. The van der Waals surface area contributed by atoms with Crippen LogP contribution in [0.1, 0.15) is 35.3 Å². The number of hydrogen-bond donors (Lipinski definition) is 0. The molecule has 1 aromatic carbocycles. The fourth-order valence-electron chi connectivity index (χ4n) is 3.86. The average Bonchev–Trinajstić information content (AvgIpc) is 3.55. The number of aryl methyl sites for hydroxylation is 1. The molecule has 168 valence electrons. The van der Waals surface area contributed by atoms with Gasteiger partial charge in [0.25, 0.3) is 0 Å². The number of methoxy groups -OCH3 is 1. The van der Waals surface area contributed by atoms with Crippen LogP contribution >= 0.6 is 0 Å². The lowest BCUT2D eigenvalue weighted by Gasteiger charge is -2.05. The summed E-state index contributed by atoms with van der Waals surface area (Å²) in [7, 11) is 1.64. The number of nitrogens with zero attached hydrogens (tertiary/aromatic N) is 6. The molecule has 9 nitrogen and oxygen atoms in total. The summed E-state index contributed by atoms with van der Waals surface area (Å²) in [4.78, 5) is 14.9. The van der Waals surface area contributed by atoms with Gasteiger partial charge in [-0.2, -0.15) is 0 Å². The summed E-state index contributed by atoms with van der Waals surface area (Å²) in [6, 6.07) is 11.5. The average molecular weight is 444 g/mol. The highest BCUT2D eigenvalue weighted by atomic mass is 16.6. The molecule has 0 aliphatic heterocycles. The van der Waals surface area contributed by atoms with E-state index in [0.29, 0.717) is 12.4 Å². The van der Waals surface area contributed by atoms with Crippen LogP contribution in [0.3, 0.4) is 0 Å².